The highest BCUT2D eigenvalue weighted by Crippen LogP contribution is 2.29. The Morgan fingerprint density at radius 1 is 1.32 bits per heavy atom. The molecule has 0 unspecified atom stereocenters. The Kier molecular flexibility index (Phi) is 4.34. The van der Waals surface area contributed by atoms with Gasteiger partial charge in [-0.15, -0.1) is 0 Å². The highest BCUT2D eigenvalue weighted by Gasteiger charge is 2.29. The molecule has 128 valence electrons. The summed E-state index contributed by atoms with van der Waals surface area (Å²) >= 11 is 0. The second kappa shape index (κ2) is 6.60. The van der Waals surface area contributed by atoms with Crippen LogP contribution in [-0.2, 0) is 9.59 Å². The van der Waals surface area contributed by atoms with Crippen molar-refractivity contribution < 1.29 is 19.2 Å². The Hall–Kier alpha value is -3.42. The first-order valence-corrected chi connectivity index (χ1v) is 7.56. The van der Waals surface area contributed by atoms with E-state index in [4.69, 9.17) is 4.74 Å². The van der Waals surface area contributed by atoms with Gasteiger partial charge in [-0.1, -0.05) is 12.1 Å². The molecule has 0 saturated heterocycles. The molecule has 0 spiro atoms. The molecule has 1 amide bonds. The number of aryl methyl sites for hydroxylation is 1. The molecule has 2 aromatic rings. The predicted octanol–water partition coefficient (Wildman–Crippen LogP) is 2.63. The Morgan fingerprint density at radius 3 is 2.80 bits per heavy atom. The maximum Gasteiger partial charge on any atom is 0.334 e. The third kappa shape index (κ3) is 3.57. The Bertz CT molecular complexity index is 865. The summed E-state index contributed by atoms with van der Waals surface area (Å²) in [4.78, 5) is 34.5. The van der Waals surface area contributed by atoms with E-state index >= 15 is 0 Å². The number of carbonyl (C=O) groups excluding carboxylic acids is 2. The minimum atomic E-state index is -0.798. The number of nitrogens with zero attached hydrogens (tertiary/aromatic N) is 1. The van der Waals surface area contributed by atoms with Gasteiger partial charge in [0.25, 0.3) is 5.69 Å². The van der Waals surface area contributed by atoms with E-state index in [1.165, 1.54) is 18.2 Å². The molecular weight excluding hydrogens is 326 g/mol. The summed E-state index contributed by atoms with van der Waals surface area (Å²) in [5.74, 6) is -0.504. The summed E-state index contributed by atoms with van der Waals surface area (Å²) in [7, 11) is 0. The molecule has 0 fully saturated rings. The topological polar surface area (TPSA) is 111 Å². The second-order valence-corrected chi connectivity index (χ2v) is 5.62. The Labute approximate surface area is 142 Å². The van der Waals surface area contributed by atoms with Gasteiger partial charge in [0.2, 0.25) is 5.91 Å². The SMILES string of the molecule is Cc1cc([N+](=O)[O-])ccc1NC(=O)C[C@@H]1Nc2ccccc2OC1=O. The van der Waals surface area contributed by atoms with Crippen molar-refractivity contribution in [2.45, 2.75) is 19.4 Å². The molecular formula is C17H15N3O5. The van der Waals surface area contributed by atoms with E-state index in [0.29, 0.717) is 22.7 Å². The molecule has 8 heteroatoms. The summed E-state index contributed by atoms with van der Waals surface area (Å²) in [6.45, 7) is 1.66. The summed E-state index contributed by atoms with van der Waals surface area (Å²) in [5, 5.41) is 16.4. The lowest BCUT2D eigenvalue weighted by molar-refractivity contribution is -0.384. The molecule has 0 saturated carbocycles. The lowest BCUT2D eigenvalue weighted by Gasteiger charge is -2.25. The molecule has 1 atom stereocenters. The van der Waals surface area contributed by atoms with E-state index in [-0.39, 0.29) is 12.1 Å². The van der Waals surface area contributed by atoms with Crippen molar-refractivity contribution in [1.82, 2.24) is 0 Å². The minimum Gasteiger partial charge on any atom is -0.423 e. The van der Waals surface area contributed by atoms with Crippen molar-refractivity contribution in [1.29, 1.82) is 0 Å². The van der Waals surface area contributed by atoms with Crippen LogP contribution in [0.5, 0.6) is 5.75 Å². The zero-order valence-corrected chi connectivity index (χ0v) is 13.3. The van der Waals surface area contributed by atoms with Crippen LogP contribution >= 0.6 is 0 Å². The smallest absolute Gasteiger partial charge is 0.334 e. The van der Waals surface area contributed by atoms with E-state index in [0.717, 1.165) is 0 Å². The van der Waals surface area contributed by atoms with E-state index in [2.05, 4.69) is 10.6 Å². The summed E-state index contributed by atoms with van der Waals surface area (Å²) in [6, 6.07) is 10.3. The highest BCUT2D eigenvalue weighted by molar-refractivity contribution is 5.97. The Morgan fingerprint density at radius 2 is 2.08 bits per heavy atom. The number of ether oxygens (including phenoxy) is 1. The van der Waals surface area contributed by atoms with Crippen LogP contribution in [-0.4, -0.2) is 22.8 Å². The lowest BCUT2D eigenvalue weighted by atomic mass is 10.1. The van der Waals surface area contributed by atoms with Crippen LogP contribution < -0.4 is 15.4 Å². The number of para-hydroxylation sites is 2. The van der Waals surface area contributed by atoms with Gasteiger partial charge in [-0.25, -0.2) is 4.79 Å². The summed E-state index contributed by atoms with van der Waals surface area (Å²) in [6.07, 6.45) is -0.121. The van der Waals surface area contributed by atoms with Crippen molar-refractivity contribution in [3.63, 3.8) is 0 Å². The number of esters is 1. The van der Waals surface area contributed by atoms with Gasteiger partial charge in [-0.3, -0.25) is 14.9 Å². The lowest BCUT2D eigenvalue weighted by Crippen LogP contribution is -2.39. The van der Waals surface area contributed by atoms with Gasteiger partial charge in [0.05, 0.1) is 17.0 Å². The molecule has 0 aromatic heterocycles. The number of hydrogen-bond donors (Lipinski definition) is 2. The molecule has 2 aromatic carbocycles. The quantitative estimate of drug-likeness (QED) is 0.383. The molecule has 0 bridgehead atoms. The van der Waals surface area contributed by atoms with Crippen LogP contribution in [0.15, 0.2) is 42.5 Å². The monoisotopic (exact) mass is 341 g/mol. The fraction of sp³-hybridized carbons (Fsp3) is 0.176. The van der Waals surface area contributed by atoms with Crippen molar-refractivity contribution in [2.24, 2.45) is 0 Å². The van der Waals surface area contributed by atoms with E-state index in [1.54, 1.807) is 31.2 Å². The second-order valence-electron chi connectivity index (χ2n) is 5.62. The minimum absolute atomic E-state index is 0.0513. The molecule has 1 heterocycles. The maximum absolute atomic E-state index is 12.2. The van der Waals surface area contributed by atoms with Crippen LogP contribution in [0.25, 0.3) is 0 Å². The van der Waals surface area contributed by atoms with Crippen molar-refractivity contribution in [2.75, 3.05) is 10.6 Å². The fourth-order valence-electron chi connectivity index (χ4n) is 2.52. The predicted molar refractivity (Wildman–Crippen MR) is 90.6 cm³/mol. The number of hydrogen-bond acceptors (Lipinski definition) is 6. The van der Waals surface area contributed by atoms with Crippen LogP contribution in [0.3, 0.4) is 0 Å². The van der Waals surface area contributed by atoms with Crippen LogP contribution in [0.1, 0.15) is 12.0 Å². The largest absolute Gasteiger partial charge is 0.423 e. The number of nitro groups is 1. The molecule has 0 aliphatic carbocycles. The van der Waals surface area contributed by atoms with Gasteiger partial charge < -0.3 is 15.4 Å². The number of fused-ring (bicyclic) bond motifs is 1. The van der Waals surface area contributed by atoms with Gasteiger partial charge in [0, 0.05) is 17.8 Å². The number of carbonyl (C=O) groups is 2. The first-order chi connectivity index (χ1) is 11.9. The average Bonchev–Trinajstić information content (AvgIpc) is 2.57. The molecule has 3 rings (SSSR count). The zero-order valence-electron chi connectivity index (χ0n) is 13.3. The number of benzene rings is 2. The number of anilines is 2. The molecule has 2 N–H and O–H groups in total. The molecule has 8 nitrogen and oxygen atoms in total. The zero-order chi connectivity index (χ0) is 18.0. The first kappa shape index (κ1) is 16.4. The standard InChI is InChI=1S/C17H15N3O5/c1-10-8-11(20(23)24)6-7-12(10)19-16(21)9-14-17(22)25-15-5-3-2-4-13(15)18-14/h2-8,14,18H,9H2,1H3,(H,19,21)/t14-/m0/s1. The first-order valence-electron chi connectivity index (χ1n) is 7.56. The summed E-state index contributed by atoms with van der Waals surface area (Å²) < 4.78 is 5.20. The Balaban J connectivity index is 1.67. The highest BCUT2D eigenvalue weighted by atomic mass is 16.6. The molecule has 0 radical (unpaired) electrons. The number of nitro benzene ring substituents is 1. The molecule has 1 aliphatic rings. The van der Waals surface area contributed by atoms with Crippen molar-refractivity contribution >= 4 is 28.9 Å². The average molecular weight is 341 g/mol. The van der Waals surface area contributed by atoms with Gasteiger partial charge in [0.15, 0.2) is 5.75 Å². The number of rotatable bonds is 4. The number of non-ortho nitro benzene ring substituents is 1. The van der Waals surface area contributed by atoms with Gasteiger partial charge in [-0.2, -0.15) is 0 Å². The van der Waals surface area contributed by atoms with E-state index in [1.807, 2.05) is 0 Å². The van der Waals surface area contributed by atoms with Crippen LogP contribution in [0.2, 0.25) is 0 Å². The third-order valence-electron chi connectivity index (χ3n) is 3.80. The van der Waals surface area contributed by atoms with Crippen molar-refractivity contribution in [3.05, 3.63) is 58.1 Å². The van der Waals surface area contributed by atoms with Crippen LogP contribution in [0, 0.1) is 17.0 Å². The van der Waals surface area contributed by atoms with Gasteiger partial charge in [0.1, 0.15) is 6.04 Å². The molecule has 1 aliphatic heterocycles. The summed E-state index contributed by atoms with van der Waals surface area (Å²) in [5.41, 5.74) is 1.61. The van der Waals surface area contributed by atoms with E-state index < -0.39 is 22.8 Å². The van der Waals surface area contributed by atoms with Gasteiger partial charge in [-0.05, 0) is 30.7 Å². The number of nitrogens with one attached hydrogen (secondary N) is 2. The maximum atomic E-state index is 12.2. The van der Waals surface area contributed by atoms with Crippen LogP contribution in [0.4, 0.5) is 17.1 Å². The normalized spacial score (nSPS) is 15.6. The number of amides is 1. The van der Waals surface area contributed by atoms with Crippen molar-refractivity contribution in [3.8, 4) is 5.75 Å². The third-order valence-corrected chi connectivity index (χ3v) is 3.80. The van der Waals surface area contributed by atoms with E-state index in [9.17, 15) is 19.7 Å². The van der Waals surface area contributed by atoms with Gasteiger partial charge >= 0.3 is 5.97 Å². The molecule has 25 heavy (non-hydrogen) atoms. The fourth-order valence-corrected chi connectivity index (χ4v) is 2.52.